The van der Waals surface area contributed by atoms with E-state index in [1.54, 1.807) is 140 Å². The Labute approximate surface area is 419 Å². The molecule has 0 aliphatic rings. The lowest BCUT2D eigenvalue weighted by Gasteiger charge is -2.28. The number of aliphatic hydroxyl groups is 1. The molecular weight excluding hydrogens is 913 g/mol. The first-order valence-electron chi connectivity index (χ1n) is 22.6. The average molecular weight is 967 g/mol. The normalized spacial score (nSPS) is 10.7. The molecule has 0 aliphatic heterocycles. The molecule has 2 amide bonds. The molecule has 0 radical (unpaired) electrons. The van der Waals surface area contributed by atoms with E-state index < -0.39 is 23.4 Å². The third-order valence-corrected chi connectivity index (χ3v) is 10.5. The number of aromatic nitrogens is 2. The van der Waals surface area contributed by atoms with E-state index in [1.165, 1.54) is 16.0 Å². The van der Waals surface area contributed by atoms with E-state index in [1.807, 2.05) is 19.1 Å². The van der Waals surface area contributed by atoms with Gasteiger partial charge in [-0.25, -0.2) is 14.6 Å². The largest absolute Gasteiger partial charge is 0.487 e. The lowest BCUT2D eigenvalue weighted by molar-refractivity contribution is 0.0566. The number of hydrogen-bond acceptors (Lipinski definition) is 14. The molecule has 0 unspecified atom stereocenters. The van der Waals surface area contributed by atoms with E-state index in [9.17, 15) is 19.5 Å². The molecule has 0 atom stereocenters. The first-order chi connectivity index (χ1) is 34.3. The summed E-state index contributed by atoms with van der Waals surface area (Å²) in [7, 11) is 0. The van der Waals surface area contributed by atoms with E-state index in [2.05, 4.69) is 34.2 Å². The van der Waals surface area contributed by atoms with Crippen LogP contribution in [0.1, 0.15) is 113 Å². The van der Waals surface area contributed by atoms with Gasteiger partial charge in [-0.2, -0.15) is 21.0 Å². The summed E-state index contributed by atoms with van der Waals surface area (Å²) in [5, 5.41) is 46.4. The number of nitrogens with zero attached hydrogens (tertiary/aromatic N) is 8. The number of nitriles is 4. The van der Waals surface area contributed by atoms with Crippen LogP contribution in [0.15, 0.2) is 109 Å². The topological polar surface area (TPSA) is 236 Å². The number of benzene rings is 4. The summed E-state index contributed by atoms with van der Waals surface area (Å²) in [5.41, 5.74) is 6.43. The van der Waals surface area contributed by atoms with Crippen LogP contribution in [0.2, 0.25) is 0 Å². The molecule has 2 heterocycles. The molecule has 0 saturated carbocycles. The fourth-order valence-corrected chi connectivity index (χ4v) is 6.90. The highest BCUT2D eigenvalue weighted by Crippen LogP contribution is 2.31. The molecule has 0 saturated heterocycles. The van der Waals surface area contributed by atoms with Crippen LogP contribution in [0.3, 0.4) is 0 Å². The third-order valence-electron chi connectivity index (χ3n) is 10.5. The summed E-state index contributed by atoms with van der Waals surface area (Å²) in [6.07, 6.45) is 2.63. The van der Waals surface area contributed by atoms with E-state index in [4.69, 9.17) is 40.0 Å². The Morgan fingerprint density at radius 1 is 0.597 bits per heavy atom. The smallest absolute Gasteiger partial charge is 0.415 e. The van der Waals surface area contributed by atoms with Crippen molar-refractivity contribution in [2.45, 2.75) is 99.5 Å². The van der Waals surface area contributed by atoms with Crippen molar-refractivity contribution in [1.82, 2.24) is 9.97 Å². The lowest BCUT2D eigenvalue weighted by Crippen LogP contribution is -2.36. The van der Waals surface area contributed by atoms with Crippen LogP contribution in [-0.2, 0) is 42.4 Å². The van der Waals surface area contributed by atoms with Crippen LogP contribution in [-0.4, -0.2) is 44.7 Å². The zero-order valence-corrected chi connectivity index (χ0v) is 41.4. The van der Waals surface area contributed by atoms with Gasteiger partial charge < -0.3 is 24.1 Å². The molecule has 0 spiro atoms. The number of aldehydes is 1. The molecule has 0 aliphatic carbocycles. The van der Waals surface area contributed by atoms with Gasteiger partial charge in [-0.1, -0.05) is 24.3 Å². The predicted octanol–water partition coefficient (Wildman–Crippen LogP) is 10.6. The molecule has 4 aromatic carbocycles. The van der Waals surface area contributed by atoms with Gasteiger partial charge in [-0.15, -0.1) is 0 Å². The predicted molar refractivity (Wildman–Crippen MR) is 267 cm³/mol. The van der Waals surface area contributed by atoms with Crippen LogP contribution >= 0.6 is 0 Å². The minimum atomic E-state index is -0.719. The average Bonchev–Trinajstić information content (AvgIpc) is 3.36. The van der Waals surface area contributed by atoms with Crippen LogP contribution in [0.25, 0.3) is 0 Å². The van der Waals surface area contributed by atoms with Gasteiger partial charge in [0.2, 0.25) is 0 Å². The number of pyridine rings is 2. The van der Waals surface area contributed by atoms with Gasteiger partial charge in [-0.05, 0) is 162 Å². The van der Waals surface area contributed by atoms with E-state index >= 15 is 0 Å². The van der Waals surface area contributed by atoms with Gasteiger partial charge >= 0.3 is 12.2 Å². The molecule has 6 rings (SSSR count). The monoisotopic (exact) mass is 966 g/mol. The van der Waals surface area contributed by atoms with Crippen LogP contribution < -0.4 is 19.3 Å². The number of rotatable bonds is 14. The quantitative estimate of drug-likeness (QED) is 0.1000. The standard InChI is InChI=1S/C28H28N4O4.C28H26N4O4/c2*1-19-23(15-31-25(17-33)26(19)35-18-22-7-5-6-21(12-22)14-30)16-32(27(34)36-28(2,3)4)24-10-8-20(13-29)9-11-24/h5-12,15,33H,16-18H2,1-4H3;5-12,15,17H,16,18H2,1-4H3. The molecule has 6 aromatic rings. The molecule has 1 N–H and O–H groups in total. The third kappa shape index (κ3) is 15.0. The Hall–Kier alpha value is -9.09. The van der Waals surface area contributed by atoms with Crippen molar-refractivity contribution < 1.29 is 38.4 Å². The Bertz CT molecular complexity index is 3080. The number of aliphatic hydroxyl groups excluding tert-OH is 1. The highest BCUT2D eigenvalue weighted by atomic mass is 16.6. The van der Waals surface area contributed by atoms with Gasteiger partial charge in [-0.3, -0.25) is 19.6 Å². The summed E-state index contributed by atoms with van der Waals surface area (Å²) >= 11 is 0. The van der Waals surface area contributed by atoms with Crippen molar-refractivity contribution in [3.63, 3.8) is 0 Å². The number of ether oxygens (including phenoxy) is 4. The first kappa shape index (κ1) is 53.9. The summed E-state index contributed by atoms with van der Waals surface area (Å²) < 4.78 is 23.3. The van der Waals surface area contributed by atoms with E-state index in [-0.39, 0.29) is 38.6 Å². The van der Waals surface area contributed by atoms with Crippen molar-refractivity contribution in [3.05, 3.63) is 176 Å². The highest BCUT2D eigenvalue weighted by molar-refractivity contribution is 5.89. The Morgan fingerprint density at radius 3 is 1.39 bits per heavy atom. The molecule has 72 heavy (non-hydrogen) atoms. The van der Waals surface area contributed by atoms with Crippen molar-refractivity contribution in [2.24, 2.45) is 0 Å². The lowest BCUT2D eigenvalue weighted by atomic mass is 10.1. The summed E-state index contributed by atoms with van der Waals surface area (Å²) in [6, 6.07) is 35.6. The van der Waals surface area contributed by atoms with Gasteiger partial charge in [0.05, 0.1) is 66.2 Å². The SMILES string of the molecule is Cc1c(CN(C(=O)OC(C)(C)C)c2ccc(C#N)cc2)cnc(C=O)c1OCc1cccc(C#N)c1.Cc1c(CN(C(=O)OC(C)(C)C)c2ccc(C#N)cc2)cnc(CO)c1OCc1cccc(C#N)c1. The number of carbonyl (C=O) groups excluding carboxylic acids is 3. The van der Waals surface area contributed by atoms with Gasteiger partial charge in [0.25, 0.3) is 0 Å². The minimum Gasteiger partial charge on any atom is -0.487 e. The van der Waals surface area contributed by atoms with Crippen LogP contribution in [0.5, 0.6) is 11.5 Å². The van der Waals surface area contributed by atoms with Crippen molar-refractivity contribution in [2.75, 3.05) is 9.80 Å². The molecule has 16 heteroatoms. The number of carbonyl (C=O) groups is 3. The van der Waals surface area contributed by atoms with Crippen LogP contribution in [0, 0.1) is 59.2 Å². The molecule has 366 valence electrons. The maximum absolute atomic E-state index is 13.1. The molecule has 16 nitrogen and oxygen atoms in total. The highest BCUT2D eigenvalue weighted by Gasteiger charge is 2.27. The summed E-state index contributed by atoms with van der Waals surface area (Å²) in [5.74, 6) is 0.718. The Balaban J connectivity index is 0.000000267. The summed E-state index contributed by atoms with van der Waals surface area (Å²) in [4.78, 5) is 49.4. The minimum absolute atomic E-state index is 0.0963. The summed E-state index contributed by atoms with van der Waals surface area (Å²) in [6.45, 7) is 14.6. The fraction of sp³-hybridized carbons (Fsp3) is 0.268. The second-order valence-corrected chi connectivity index (χ2v) is 18.2. The second-order valence-electron chi connectivity index (χ2n) is 18.2. The van der Waals surface area contributed by atoms with Crippen molar-refractivity contribution in [3.8, 4) is 35.8 Å². The molecular formula is C56H54N8O8. The van der Waals surface area contributed by atoms with E-state index in [0.29, 0.717) is 79.4 Å². The van der Waals surface area contributed by atoms with Crippen LogP contribution in [0.4, 0.5) is 21.0 Å². The second kappa shape index (κ2) is 24.5. The molecule has 0 fully saturated rings. The number of amides is 2. The fourth-order valence-electron chi connectivity index (χ4n) is 6.90. The zero-order chi connectivity index (χ0) is 52.6. The Kier molecular flexibility index (Phi) is 18.3. The molecule has 2 aromatic heterocycles. The number of hydrogen-bond donors (Lipinski definition) is 1. The maximum Gasteiger partial charge on any atom is 0.415 e. The van der Waals surface area contributed by atoms with E-state index in [0.717, 1.165) is 11.1 Å². The van der Waals surface area contributed by atoms with Crippen molar-refractivity contribution in [1.29, 1.82) is 21.0 Å². The first-order valence-corrected chi connectivity index (χ1v) is 22.6. The van der Waals surface area contributed by atoms with Gasteiger partial charge in [0.15, 0.2) is 12.0 Å². The maximum atomic E-state index is 13.1. The van der Waals surface area contributed by atoms with Gasteiger partial charge in [0, 0.05) is 23.8 Å². The zero-order valence-electron chi connectivity index (χ0n) is 41.4. The number of anilines is 2. The molecule has 0 bridgehead atoms. The Morgan fingerprint density at radius 2 is 1.00 bits per heavy atom. The van der Waals surface area contributed by atoms with Crippen molar-refractivity contribution >= 4 is 29.8 Å². The van der Waals surface area contributed by atoms with Gasteiger partial charge in [0.1, 0.15) is 41.6 Å².